The highest BCUT2D eigenvalue weighted by Gasteiger charge is 2.34. The number of benzene rings is 1. The summed E-state index contributed by atoms with van der Waals surface area (Å²) < 4.78 is 13.8. The zero-order chi connectivity index (χ0) is 16.3. The minimum atomic E-state index is -0.737. The summed E-state index contributed by atoms with van der Waals surface area (Å²) in [5, 5.41) is 12.3. The van der Waals surface area contributed by atoms with Gasteiger partial charge in [0.25, 0.3) is 0 Å². The standard InChI is InChI=1S/C16H21FN2O3/c1-10(2)14(20)9-15(21)18-12-7-8-19(16(12)22)13-6-4-3-5-11(13)17/h3-6,10,12,14,20H,7-9H2,1-2H3,(H,18,21). The van der Waals surface area contributed by atoms with Crippen molar-refractivity contribution in [2.45, 2.75) is 38.8 Å². The lowest BCUT2D eigenvalue weighted by Crippen LogP contribution is -2.43. The molecule has 2 rings (SSSR count). The van der Waals surface area contributed by atoms with Crippen molar-refractivity contribution >= 4 is 17.5 Å². The van der Waals surface area contributed by atoms with Crippen LogP contribution < -0.4 is 10.2 Å². The maximum atomic E-state index is 13.8. The van der Waals surface area contributed by atoms with Gasteiger partial charge in [-0.15, -0.1) is 0 Å². The Balaban J connectivity index is 1.97. The van der Waals surface area contributed by atoms with Crippen LogP contribution in [0, 0.1) is 11.7 Å². The summed E-state index contributed by atoms with van der Waals surface area (Å²) in [5.41, 5.74) is 0.228. The zero-order valence-electron chi connectivity index (χ0n) is 12.8. The fraction of sp³-hybridized carbons (Fsp3) is 0.500. The molecule has 2 unspecified atom stereocenters. The molecular formula is C16H21FN2O3. The van der Waals surface area contributed by atoms with E-state index in [0.29, 0.717) is 13.0 Å². The second-order valence-electron chi connectivity index (χ2n) is 5.87. The van der Waals surface area contributed by atoms with Crippen LogP contribution in [0.4, 0.5) is 10.1 Å². The molecule has 2 N–H and O–H groups in total. The number of halogens is 1. The number of amides is 2. The molecule has 1 aliphatic rings. The maximum Gasteiger partial charge on any atom is 0.249 e. The molecule has 6 heteroatoms. The Labute approximate surface area is 129 Å². The third-order valence-corrected chi connectivity index (χ3v) is 3.85. The van der Waals surface area contributed by atoms with E-state index in [0.717, 1.165) is 0 Å². The number of nitrogens with one attached hydrogen (secondary N) is 1. The van der Waals surface area contributed by atoms with Crippen molar-refractivity contribution in [3.8, 4) is 0 Å². The molecule has 0 radical (unpaired) electrons. The molecule has 120 valence electrons. The van der Waals surface area contributed by atoms with Gasteiger partial charge in [-0.05, 0) is 24.5 Å². The number of aliphatic hydroxyl groups is 1. The van der Waals surface area contributed by atoms with Crippen molar-refractivity contribution in [3.05, 3.63) is 30.1 Å². The van der Waals surface area contributed by atoms with E-state index in [9.17, 15) is 19.1 Å². The first-order valence-electron chi connectivity index (χ1n) is 7.43. The first-order valence-corrected chi connectivity index (χ1v) is 7.43. The van der Waals surface area contributed by atoms with Crippen molar-refractivity contribution in [2.75, 3.05) is 11.4 Å². The fourth-order valence-electron chi connectivity index (χ4n) is 2.40. The average Bonchev–Trinajstić information content (AvgIpc) is 2.80. The fourth-order valence-corrected chi connectivity index (χ4v) is 2.40. The van der Waals surface area contributed by atoms with Crippen LogP contribution in [0.2, 0.25) is 0 Å². The highest BCUT2D eigenvalue weighted by molar-refractivity contribution is 6.01. The Hall–Kier alpha value is -1.95. The van der Waals surface area contributed by atoms with Crippen LogP contribution in [0.3, 0.4) is 0 Å². The number of rotatable bonds is 5. The summed E-state index contributed by atoms with van der Waals surface area (Å²) in [6, 6.07) is 5.40. The lowest BCUT2D eigenvalue weighted by Gasteiger charge is -2.19. The SMILES string of the molecule is CC(C)C(O)CC(=O)NC1CCN(c2ccccc2F)C1=O. The highest BCUT2D eigenvalue weighted by atomic mass is 19.1. The Morgan fingerprint density at radius 1 is 1.45 bits per heavy atom. The first-order chi connectivity index (χ1) is 10.4. The molecule has 0 spiro atoms. The van der Waals surface area contributed by atoms with Gasteiger partial charge in [0.05, 0.1) is 18.2 Å². The number of anilines is 1. The minimum Gasteiger partial charge on any atom is -0.392 e. The number of nitrogens with zero attached hydrogens (tertiary/aromatic N) is 1. The van der Waals surface area contributed by atoms with Crippen LogP contribution in [0.25, 0.3) is 0 Å². The number of hydrogen-bond donors (Lipinski definition) is 2. The van der Waals surface area contributed by atoms with Gasteiger partial charge in [0.1, 0.15) is 11.9 Å². The average molecular weight is 308 g/mol. The smallest absolute Gasteiger partial charge is 0.249 e. The summed E-state index contributed by atoms with van der Waals surface area (Å²) in [6.07, 6.45) is -0.350. The van der Waals surface area contributed by atoms with E-state index in [1.807, 2.05) is 13.8 Å². The molecule has 2 amide bonds. The number of para-hydroxylation sites is 1. The monoisotopic (exact) mass is 308 g/mol. The van der Waals surface area contributed by atoms with Crippen LogP contribution in [0.5, 0.6) is 0 Å². The molecule has 0 saturated carbocycles. The second kappa shape index (κ2) is 6.87. The van der Waals surface area contributed by atoms with Gasteiger partial charge in [-0.1, -0.05) is 26.0 Å². The van der Waals surface area contributed by atoms with E-state index in [1.54, 1.807) is 18.2 Å². The molecule has 1 heterocycles. The van der Waals surface area contributed by atoms with Crippen molar-refractivity contribution in [3.63, 3.8) is 0 Å². The van der Waals surface area contributed by atoms with E-state index < -0.39 is 18.0 Å². The Bertz CT molecular complexity index is 562. The van der Waals surface area contributed by atoms with Crippen LogP contribution in [0.1, 0.15) is 26.7 Å². The quantitative estimate of drug-likeness (QED) is 0.865. The predicted octanol–water partition coefficient (Wildman–Crippen LogP) is 1.45. The molecule has 1 aromatic rings. The van der Waals surface area contributed by atoms with Gasteiger partial charge in [-0.3, -0.25) is 9.59 Å². The van der Waals surface area contributed by atoms with E-state index in [1.165, 1.54) is 11.0 Å². The topological polar surface area (TPSA) is 69.6 Å². The summed E-state index contributed by atoms with van der Waals surface area (Å²) >= 11 is 0. The van der Waals surface area contributed by atoms with Gasteiger partial charge in [0.15, 0.2) is 0 Å². The Morgan fingerprint density at radius 2 is 2.14 bits per heavy atom. The molecule has 5 nitrogen and oxygen atoms in total. The van der Waals surface area contributed by atoms with Gasteiger partial charge in [-0.25, -0.2) is 4.39 Å². The maximum absolute atomic E-state index is 13.8. The number of hydrogen-bond acceptors (Lipinski definition) is 3. The molecule has 1 aliphatic heterocycles. The third-order valence-electron chi connectivity index (χ3n) is 3.85. The molecule has 2 atom stereocenters. The van der Waals surface area contributed by atoms with Gasteiger partial charge in [-0.2, -0.15) is 0 Å². The molecule has 1 saturated heterocycles. The first kappa shape index (κ1) is 16.4. The summed E-state index contributed by atoms with van der Waals surface area (Å²) in [6.45, 7) is 3.99. The van der Waals surface area contributed by atoms with Crippen LogP contribution in [-0.2, 0) is 9.59 Å². The van der Waals surface area contributed by atoms with Crippen LogP contribution in [0.15, 0.2) is 24.3 Å². The van der Waals surface area contributed by atoms with E-state index in [4.69, 9.17) is 0 Å². The third kappa shape index (κ3) is 3.62. The lowest BCUT2D eigenvalue weighted by atomic mass is 10.0. The number of carbonyl (C=O) groups is 2. The molecule has 1 fully saturated rings. The second-order valence-corrected chi connectivity index (χ2v) is 5.87. The van der Waals surface area contributed by atoms with Crippen molar-refractivity contribution in [2.24, 2.45) is 5.92 Å². The van der Waals surface area contributed by atoms with Crippen LogP contribution in [-0.4, -0.2) is 35.6 Å². The molecule has 22 heavy (non-hydrogen) atoms. The summed E-state index contributed by atoms with van der Waals surface area (Å²) in [7, 11) is 0. The van der Waals surface area contributed by atoms with Crippen molar-refractivity contribution < 1.29 is 19.1 Å². The molecule has 0 bridgehead atoms. The highest BCUT2D eigenvalue weighted by Crippen LogP contribution is 2.24. The number of aliphatic hydroxyl groups excluding tert-OH is 1. The molecular weight excluding hydrogens is 287 g/mol. The van der Waals surface area contributed by atoms with Gasteiger partial charge < -0.3 is 15.3 Å². The van der Waals surface area contributed by atoms with Crippen molar-refractivity contribution in [1.82, 2.24) is 5.32 Å². The van der Waals surface area contributed by atoms with Crippen LogP contribution >= 0.6 is 0 Å². The Kier molecular flexibility index (Phi) is 5.13. The minimum absolute atomic E-state index is 0.0278. The lowest BCUT2D eigenvalue weighted by molar-refractivity contribution is -0.128. The summed E-state index contributed by atoms with van der Waals surface area (Å²) in [5.74, 6) is -1.18. The normalized spacial score (nSPS) is 19.6. The van der Waals surface area contributed by atoms with E-state index in [-0.39, 0.29) is 29.8 Å². The zero-order valence-corrected chi connectivity index (χ0v) is 12.8. The van der Waals surface area contributed by atoms with Gasteiger partial charge in [0, 0.05) is 6.54 Å². The largest absolute Gasteiger partial charge is 0.392 e. The molecule has 1 aromatic carbocycles. The molecule has 0 aromatic heterocycles. The van der Waals surface area contributed by atoms with Gasteiger partial charge in [0.2, 0.25) is 11.8 Å². The molecule has 0 aliphatic carbocycles. The Morgan fingerprint density at radius 3 is 2.77 bits per heavy atom. The van der Waals surface area contributed by atoms with Gasteiger partial charge >= 0.3 is 0 Å². The van der Waals surface area contributed by atoms with E-state index >= 15 is 0 Å². The number of carbonyl (C=O) groups excluding carboxylic acids is 2. The van der Waals surface area contributed by atoms with Crippen molar-refractivity contribution in [1.29, 1.82) is 0 Å². The summed E-state index contributed by atoms with van der Waals surface area (Å²) in [4.78, 5) is 25.5. The van der Waals surface area contributed by atoms with E-state index in [2.05, 4.69) is 5.32 Å². The predicted molar refractivity (Wildman–Crippen MR) is 80.8 cm³/mol.